The van der Waals surface area contributed by atoms with Gasteiger partial charge < -0.3 is 10.2 Å². The van der Waals surface area contributed by atoms with Crippen molar-refractivity contribution in [2.45, 2.75) is 19.9 Å². The first-order chi connectivity index (χ1) is 8.54. The second-order valence-corrected chi connectivity index (χ2v) is 5.17. The van der Waals surface area contributed by atoms with Gasteiger partial charge in [-0.05, 0) is 13.0 Å². The topological polar surface area (TPSA) is 49.4 Å². The van der Waals surface area contributed by atoms with E-state index in [2.05, 4.69) is 21.2 Å². The summed E-state index contributed by atoms with van der Waals surface area (Å²) in [4.78, 5) is 25.2. The highest BCUT2D eigenvalue weighted by Gasteiger charge is 2.37. The van der Waals surface area contributed by atoms with Gasteiger partial charge in [0.15, 0.2) is 0 Å². The number of nitrogens with zero attached hydrogens (tertiary/aromatic N) is 1. The number of nitrogens with one attached hydrogen (secondary N) is 1. The van der Waals surface area contributed by atoms with E-state index in [0.717, 1.165) is 16.8 Å². The molecule has 1 N–H and O–H groups in total. The Morgan fingerprint density at radius 3 is 2.83 bits per heavy atom. The first kappa shape index (κ1) is 13.1. The van der Waals surface area contributed by atoms with Gasteiger partial charge in [-0.15, -0.1) is 0 Å². The maximum Gasteiger partial charge on any atom is 0.254 e. The number of anilines is 1. The van der Waals surface area contributed by atoms with Gasteiger partial charge >= 0.3 is 0 Å². The third kappa shape index (κ3) is 2.27. The molecule has 2 rings (SSSR count). The van der Waals surface area contributed by atoms with E-state index in [9.17, 15) is 9.59 Å². The number of rotatable bonds is 3. The van der Waals surface area contributed by atoms with Crippen molar-refractivity contribution in [1.82, 2.24) is 5.32 Å². The molecule has 0 aromatic heterocycles. The highest BCUT2D eigenvalue weighted by molar-refractivity contribution is 9.09. The minimum atomic E-state index is -0.545. The minimum absolute atomic E-state index is 0.0646. The SMILES string of the molecule is CC(=O)NC1C(=O)N(CCBr)c2ccc(C)cc21. The Kier molecular flexibility index (Phi) is 3.71. The zero-order valence-corrected chi connectivity index (χ0v) is 12.0. The van der Waals surface area contributed by atoms with Crippen molar-refractivity contribution in [3.8, 4) is 0 Å². The van der Waals surface area contributed by atoms with Crippen molar-refractivity contribution < 1.29 is 9.59 Å². The van der Waals surface area contributed by atoms with E-state index in [1.54, 1.807) is 4.90 Å². The molecule has 0 saturated heterocycles. The van der Waals surface area contributed by atoms with Crippen LogP contribution in [0.4, 0.5) is 5.69 Å². The molecule has 1 aliphatic heterocycles. The number of hydrogen-bond acceptors (Lipinski definition) is 2. The van der Waals surface area contributed by atoms with E-state index in [-0.39, 0.29) is 11.8 Å². The molecule has 5 heteroatoms. The number of aryl methyl sites for hydroxylation is 1. The monoisotopic (exact) mass is 310 g/mol. The van der Waals surface area contributed by atoms with Crippen LogP contribution in [0, 0.1) is 6.92 Å². The van der Waals surface area contributed by atoms with E-state index in [1.807, 2.05) is 25.1 Å². The minimum Gasteiger partial charge on any atom is -0.341 e. The summed E-state index contributed by atoms with van der Waals surface area (Å²) in [6, 6.07) is 5.33. The lowest BCUT2D eigenvalue weighted by atomic mass is 10.1. The first-order valence-electron chi connectivity index (χ1n) is 5.79. The van der Waals surface area contributed by atoms with E-state index in [4.69, 9.17) is 0 Å². The number of amides is 2. The molecule has 0 aliphatic carbocycles. The van der Waals surface area contributed by atoms with Crippen LogP contribution in [-0.2, 0) is 9.59 Å². The summed E-state index contributed by atoms with van der Waals surface area (Å²) in [5, 5.41) is 3.43. The fraction of sp³-hybridized carbons (Fsp3) is 0.385. The van der Waals surface area contributed by atoms with Crippen LogP contribution in [0.2, 0.25) is 0 Å². The van der Waals surface area contributed by atoms with Gasteiger partial charge in [0, 0.05) is 30.0 Å². The van der Waals surface area contributed by atoms with E-state index in [1.165, 1.54) is 6.92 Å². The van der Waals surface area contributed by atoms with Crippen molar-refractivity contribution in [2.75, 3.05) is 16.8 Å². The fourth-order valence-corrected chi connectivity index (χ4v) is 2.57. The molecule has 1 aromatic rings. The molecular formula is C13H15BrN2O2. The zero-order valence-electron chi connectivity index (χ0n) is 10.4. The van der Waals surface area contributed by atoms with Gasteiger partial charge in [0.25, 0.3) is 5.91 Å². The number of benzene rings is 1. The number of fused-ring (bicyclic) bond motifs is 1. The summed E-state index contributed by atoms with van der Waals surface area (Å²) in [7, 11) is 0. The van der Waals surface area contributed by atoms with E-state index in [0.29, 0.717) is 11.9 Å². The molecule has 0 radical (unpaired) electrons. The molecule has 4 nitrogen and oxygen atoms in total. The smallest absolute Gasteiger partial charge is 0.254 e. The fourth-order valence-electron chi connectivity index (χ4n) is 2.22. The maximum absolute atomic E-state index is 12.3. The van der Waals surface area contributed by atoms with Gasteiger partial charge in [0.1, 0.15) is 6.04 Å². The molecule has 0 saturated carbocycles. The van der Waals surface area contributed by atoms with Gasteiger partial charge in [-0.3, -0.25) is 9.59 Å². The van der Waals surface area contributed by atoms with Crippen molar-refractivity contribution in [2.24, 2.45) is 0 Å². The first-order valence-corrected chi connectivity index (χ1v) is 6.91. The Bertz CT molecular complexity index is 502. The van der Waals surface area contributed by atoms with Crippen LogP contribution in [-0.4, -0.2) is 23.7 Å². The Morgan fingerprint density at radius 1 is 1.50 bits per heavy atom. The van der Waals surface area contributed by atoms with Gasteiger partial charge in [-0.2, -0.15) is 0 Å². The van der Waals surface area contributed by atoms with Crippen LogP contribution in [0.15, 0.2) is 18.2 Å². The van der Waals surface area contributed by atoms with Crippen LogP contribution in [0.25, 0.3) is 0 Å². The second-order valence-electron chi connectivity index (χ2n) is 4.37. The number of halogens is 1. The van der Waals surface area contributed by atoms with E-state index >= 15 is 0 Å². The molecule has 0 fully saturated rings. The molecule has 18 heavy (non-hydrogen) atoms. The highest BCUT2D eigenvalue weighted by atomic mass is 79.9. The standard InChI is InChI=1S/C13H15BrN2O2/c1-8-3-4-11-10(7-8)12(15-9(2)17)13(18)16(11)6-5-14/h3-4,7,12H,5-6H2,1-2H3,(H,15,17). The summed E-state index contributed by atoms with van der Waals surface area (Å²) >= 11 is 3.34. The summed E-state index contributed by atoms with van der Waals surface area (Å²) in [6.07, 6.45) is 0. The maximum atomic E-state index is 12.3. The summed E-state index contributed by atoms with van der Waals surface area (Å²) in [5.41, 5.74) is 2.86. The molecule has 1 unspecified atom stereocenters. The van der Waals surface area contributed by atoms with E-state index < -0.39 is 6.04 Å². The number of alkyl halides is 1. The molecule has 1 aliphatic rings. The average Bonchev–Trinajstić information content (AvgIpc) is 2.54. The second kappa shape index (κ2) is 5.10. The lowest BCUT2D eigenvalue weighted by molar-refractivity contribution is -0.126. The molecule has 1 atom stereocenters. The number of carbonyl (C=O) groups is 2. The predicted octanol–water partition coefficient (Wildman–Crippen LogP) is 1.91. The molecule has 96 valence electrons. The van der Waals surface area contributed by atoms with Crippen LogP contribution < -0.4 is 10.2 Å². The average molecular weight is 311 g/mol. The van der Waals surface area contributed by atoms with Gasteiger partial charge in [0.05, 0.1) is 0 Å². The third-order valence-electron chi connectivity index (χ3n) is 2.95. The van der Waals surface area contributed by atoms with Crippen LogP contribution in [0.1, 0.15) is 24.1 Å². The summed E-state index contributed by atoms with van der Waals surface area (Å²) in [6.45, 7) is 4.00. The van der Waals surface area contributed by atoms with Gasteiger partial charge in [-0.1, -0.05) is 33.6 Å². The Balaban J connectivity index is 2.43. The Labute approximate surface area is 114 Å². The Hall–Kier alpha value is -1.36. The normalized spacial score (nSPS) is 17.8. The Morgan fingerprint density at radius 2 is 2.22 bits per heavy atom. The van der Waals surface area contributed by atoms with Crippen LogP contribution in [0.5, 0.6) is 0 Å². The quantitative estimate of drug-likeness (QED) is 0.867. The molecule has 2 amide bonds. The van der Waals surface area contributed by atoms with Crippen LogP contribution >= 0.6 is 15.9 Å². The lowest BCUT2D eigenvalue weighted by Crippen LogP contribution is -2.37. The number of carbonyl (C=O) groups excluding carboxylic acids is 2. The summed E-state index contributed by atoms with van der Waals surface area (Å²) in [5.74, 6) is -0.258. The number of hydrogen-bond donors (Lipinski definition) is 1. The van der Waals surface area contributed by atoms with Crippen molar-refractivity contribution in [3.05, 3.63) is 29.3 Å². The van der Waals surface area contributed by atoms with Crippen LogP contribution in [0.3, 0.4) is 0 Å². The third-order valence-corrected chi connectivity index (χ3v) is 3.31. The van der Waals surface area contributed by atoms with Gasteiger partial charge in [0.2, 0.25) is 5.91 Å². The van der Waals surface area contributed by atoms with Gasteiger partial charge in [-0.25, -0.2) is 0 Å². The van der Waals surface area contributed by atoms with Crippen molar-refractivity contribution in [1.29, 1.82) is 0 Å². The van der Waals surface area contributed by atoms with Crippen molar-refractivity contribution >= 4 is 33.4 Å². The predicted molar refractivity (Wildman–Crippen MR) is 73.9 cm³/mol. The molecule has 0 spiro atoms. The molecular weight excluding hydrogens is 296 g/mol. The highest BCUT2D eigenvalue weighted by Crippen LogP contribution is 2.36. The largest absolute Gasteiger partial charge is 0.341 e. The molecule has 1 aromatic carbocycles. The van der Waals surface area contributed by atoms with Crippen molar-refractivity contribution in [3.63, 3.8) is 0 Å². The lowest BCUT2D eigenvalue weighted by Gasteiger charge is -2.16. The summed E-state index contributed by atoms with van der Waals surface area (Å²) < 4.78 is 0. The molecule has 0 bridgehead atoms. The zero-order chi connectivity index (χ0) is 13.3. The molecule has 1 heterocycles.